The summed E-state index contributed by atoms with van der Waals surface area (Å²) in [4.78, 5) is 0.781. The molecule has 2 aromatic carbocycles. The van der Waals surface area contributed by atoms with Crippen LogP contribution in [0.2, 0.25) is 10.0 Å². The molecular formula is C18H15Cl2F3N2S. The van der Waals surface area contributed by atoms with E-state index in [4.69, 9.17) is 23.2 Å². The standard InChI is InChI=1S/C18H15Cl2F3N2S/c1-10(24-16-9-13(16)18(21,22)23)12-4-2-3-5-15(12)25-26-17-7-6-11(19)8-14(17)20/h2-8,13,16,24-25H,1,9H2. The van der Waals surface area contributed by atoms with Crippen molar-refractivity contribution in [3.8, 4) is 0 Å². The van der Waals surface area contributed by atoms with Gasteiger partial charge in [0.1, 0.15) is 0 Å². The Morgan fingerprint density at radius 1 is 1.15 bits per heavy atom. The monoisotopic (exact) mass is 418 g/mol. The van der Waals surface area contributed by atoms with Crippen LogP contribution in [-0.4, -0.2) is 12.2 Å². The summed E-state index contributed by atoms with van der Waals surface area (Å²) >= 11 is 13.3. The zero-order valence-electron chi connectivity index (χ0n) is 13.4. The topological polar surface area (TPSA) is 24.1 Å². The first-order valence-corrected chi connectivity index (χ1v) is 9.32. The Kier molecular flexibility index (Phi) is 5.65. The predicted molar refractivity (Wildman–Crippen MR) is 103 cm³/mol. The van der Waals surface area contributed by atoms with Crippen LogP contribution in [0.15, 0.2) is 53.9 Å². The molecule has 3 rings (SSSR count). The molecule has 1 aliphatic rings. The number of rotatable bonds is 6. The summed E-state index contributed by atoms with van der Waals surface area (Å²) in [7, 11) is 0. The Morgan fingerprint density at radius 3 is 2.54 bits per heavy atom. The first-order valence-electron chi connectivity index (χ1n) is 7.75. The Bertz CT molecular complexity index is 826. The first-order chi connectivity index (χ1) is 12.3. The van der Waals surface area contributed by atoms with Crippen LogP contribution in [0.5, 0.6) is 0 Å². The van der Waals surface area contributed by atoms with Crippen LogP contribution in [-0.2, 0) is 0 Å². The second-order valence-electron chi connectivity index (χ2n) is 5.94. The van der Waals surface area contributed by atoms with Crippen molar-refractivity contribution in [3.63, 3.8) is 0 Å². The SMILES string of the molecule is C=C(NC1CC1C(F)(F)F)c1ccccc1NSc1ccc(Cl)cc1Cl. The van der Waals surface area contributed by atoms with Gasteiger partial charge in [-0.05, 0) is 42.6 Å². The normalized spacial score (nSPS) is 19.1. The maximum Gasteiger partial charge on any atom is 0.393 e. The fourth-order valence-corrected chi connectivity index (χ4v) is 3.74. The molecule has 0 aliphatic heterocycles. The largest absolute Gasteiger partial charge is 0.393 e. The Labute approximate surface area is 163 Å². The lowest BCUT2D eigenvalue weighted by Crippen LogP contribution is -2.22. The third-order valence-electron chi connectivity index (χ3n) is 3.99. The summed E-state index contributed by atoms with van der Waals surface area (Å²) in [6.07, 6.45) is -4.09. The van der Waals surface area contributed by atoms with Crippen LogP contribution in [0.25, 0.3) is 5.70 Å². The smallest absolute Gasteiger partial charge is 0.382 e. The van der Waals surface area contributed by atoms with Gasteiger partial charge in [0.05, 0.1) is 16.6 Å². The highest BCUT2D eigenvalue weighted by atomic mass is 35.5. The third kappa shape index (κ3) is 4.61. The summed E-state index contributed by atoms with van der Waals surface area (Å²) in [5.74, 6) is -1.30. The minimum Gasteiger partial charge on any atom is -0.382 e. The minimum absolute atomic E-state index is 0.0766. The Morgan fingerprint density at radius 2 is 1.88 bits per heavy atom. The molecule has 8 heteroatoms. The molecule has 0 radical (unpaired) electrons. The molecule has 2 unspecified atom stereocenters. The fraction of sp³-hybridized carbons (Fsp3) is 0.222. The number of halogens is 5. The number of hydrogen-bond donors (Lipinski definition) is 2. The molecule has 1 aliphatic carbocycles. The van der Waals surface area contributed by atoms with Gasteiger partial charge in [0.15, 0.2) is 0 Å². The summed E-state index contributed by atoms with van der Waals surface area (Å²) < 4.78 is 41.2. The predicted octanol–water partition coefficient (Wildman–Crippen LogP) is 6.62. The van der Waals surface area contributed by atoms with E-state index in [1.54, 1.807) is 30.3 Å². The van der Waals surface area contributed by atoms with E-state index in [1.807, 2.05) is 12.1 Å². The molecule has 2 nitrogen and oxygen atoms in total. The van der Waals surface area contributed by atoms with Gasteiger partial charge in [-0.1, -0.05) is 48.0 Å². The molecular weight excluding hydrogens is 404 g/mol. The van der Waals surface area contributed by atoms with Crippen molar-refractivity contribution in [1.29, 1.82) is 0 Å². The molecule has 0 heterocycles. The first kappa shape index (κ1) is 19.3. The number of para-hydroxylation sites is 1. The highest BCUT2D eigenvalue weighted by Crippen LogP contribution is 2.45. The summed E-state index contributed by atoms with van der Waals surface area (Å²) in [5, 5.41) is 3.93. The average Bonchev–Trinajstić information content (AvgIpc) is 3.34. The quantitative estimate of drug-likeness (QED) is 0.515. The van der Waals surface area contributed by atoms with Crippen LogP contribution in [0.4, 0.5) is 18.9 Å². The highest BCUT2D eigenvalue weighted by molar-refractivity contribution is 8.00. The average molecular weight is 419 g/mol. The van der Waals surface area contributed by atoms with Crippen molar-refractivity contribution in [1.82, 2.24) is 5.32 Å². The van der Waals surface area contributed by atoms with Crippen molar-refractivity contribution in [2.24, 2.45) is 5.92 Å². The number of hydrogen-bond acceptors (Lipinski definition) is 3. The van der Waals surface area contributed by atoms with Gasteiger partial charge < -0.3 is 10.0 Å². The third-order valence-corrected chi connectivity index (χ3v) is 5.55. The Balaban J connectivity index is 1.67. The van der Waals surface area contributed by atoms with E-state index in [-0.39, 0.29) is 6.42 Å². The number of benzene rings is 2. The van der Waals surface area contributed by atoms with Gasteiger partial charge >= 0.3 is 6.18 Å². The van der Waals surface area contributed by atoms with E-state index < -0.39 is 18.1 Å². The molecule has 138 valence electrons. The van der Waals surface area contributed by atoms with Crippen molar-refractivity contribution in [2.45, 2.75) is 23.5 Å². The van der Waals surface area contributed by atoms with E-state index in [9.17, 15) is 13.2 Å². The molecule has 2 atom stereocenters. The van der Waals surface area contributed by atoms with Gasteiger partial charge in [-0.25, -0.2) is 0 Å². The lowest BCUT2D eigenvalue weighted by molar-refractivity contribution is -0.148. The van der Waals surface area contributed by atoms with E-state index in [0.717, 1.165) is 10.6 Å². The number of anilines is 1. The number of nitrogens with one attached hydrogen (secondary N) is 2. The van der Waals surface area contributed by atoms with Gasteiger partial charge in [0, 0.05) is 27.2 Å². The molecule has 1 saturated carbocycles. The molecule has 2 N–H and O–H groups in total. The van der Waals surface area contributed by atoms with Crippen LogP contribution in [0, 0.1) is 5.92 Å². The van der Waals surface area contributed by atoms with Crippen LogP contribution < -0.4 is 10.0 Å². The van der Waals surface area contributed by atoms with E-state index in [0.29, 0.717) is 21.3 Å². The van der Waals surface area contributed by atoms with Crippen LogP contribution in [0.1, 0.15) is 12.0 Å². The van der Waals surface area contributed by atoms with Crippen molar-refractivity contribution in [2.75, 3.05) is 4.72 Å². The molecule has 1 fully saturated rings. The molecule has 2 aromatic rings. The minimum atomic E-state index is -4.17. The Hall–Kier alpha value is -1.50. The molecule has 0 aromatic heterocycles. The van der Waals surface area contributed by atoms with Crippen LogP contribution in [0.3, 0.4) is 0 Å². The summed E-state index contributed by atoms with van der Waals surface area (Å²) in [6.45, 7) is 3.90. The van der Waals surface area contributed by atoms with Crippen molar-refractivity contribution < 1.29 is 13.2 Å². The van der Waals surface area contributed by atoms with E-state index in [2.05, 4.69) is 16.6 Å². The molecule has 0 bridgehead atoms. The zero-order valence-corrected chi connectivity index (χ0v) is 15.7. The molecule has 0 saturated heterocycles. The highest BCUT2D eigenvalue weighted by Gasteiger charge is 2.55. The maximum atomic E-state index is 12.7. The second-order valence-corrected chi connectivity index (χ2v) is 7.63. The van der Waals surface area contributed by atoms with Crippen molar-refractivity contribution in [3.05, 3.63) is 64.7 Å². The van der Waals surface area contributed by atoms with E-state index >= 15 is 0 Å². The molecule has 26 heavy (non-hydrogen) atoms. The van der Waals surface area contributed by atoms with Gasteiger partial charge in [0.25, 0.3) is 0 Å². The van der Waals surface area contributed by atoms with Gasteiger partial charge in [-0.3, -0.25) is 0 Å². The molecule has 0 amide bonds. The maximum absolute atomic E-state index is 12.7. The second kappa shape index (κ2) is 7.62. The van der Waals surface area contributed by atoms with Gasteiger partial charge in [0.2, 0.25) is 0 Å². The van der Waals surface area contributed by atoms with Crippen LogP contribution >= 0.6 is 35.1 Å². The molecule has 0 spiro atoms. The summed E-state index contributed by atoms with van der Waals surface area (Å²) in [5.41, 5.74) is 1.88. The summed E-state index contributed by atoms with van der Waals surface area (Å²) in [6, 6.07) is 11.8. The lowest BCUT2D eigenvalue weighted by Gasteiger charge is -2.16. The lowest BCUT2D eigenvalue weighted by atomic mass is 10.1. The fourth-order valence-electron chi connectivity index (χ4n) is 2.52. The zero-order chi connectivity index (χ0) is 18.9. The van der Waals surface area contributed by atoms with Crippen molar-refractivity contribution >= 4 is 46.5 Å². The number of alkyl halides is 3. The van der Waals surface area contributed by atoms with Gasteiger partial charge in [-0.15, -0.1) is 0 Å². The van der Waals surface area contributed by atoms with Gasteiger partial charge in [-0.2, -0.15) is 13.2 Å². The van der Waals surface area contributed by atoms with E-state index in [1.165, 1.54) is 11.9 Å².